The van der Waals surface area contributed by atoms with Gasteiger partial charge in [-0.1, -0.05) is 0 Å². The summed E-state index contributed by atoms with van der Waals surface area (Å²) in [5.41, 5.74) is 0. The van der Waals surface area contributed by atoms with Crippen molar-refractivity contribution in [3.05, 3.63) is 0 Å². The molecule has 0 aliphatic carbocycles. The first-order valence-corrected chi connectivity index (χ1v) is 8.29. The summed E-state index contributed by atoms with van der Waals surface area (Å²) in [4.78, 5) is 27.2. The van der Waals surface area contributed by atoms with E-state index in [4.69, 9.17) is 5.11 Å². The summed E-state index contributed by atoms with van der Waals surface area (Å²) in [5, 5.41) is 18.4. The van der Waals surface area contributed by atoms with Crippen LogP contribution in [-0.2, 0) is 4.79 Å². The van der Waals surface area contributed by atoms with Crippen molar-refractivity contribution in [3.63, 3.8) is 0 Å². The van der Waals surface area contributed by atoms with E-state index < -0.39 is 12.0 Å². The van der Waals surface area contributed by atoms with Crippen LogP contribution < -0.4 is 0 Å². The number of aliphatic carboxylic acids is 1. The number of amides is 2. The minimum absolute atomic E-state index is 0.0466. The molecule has 2 N–H and O–H groups in total. The molecule has 2 saturated heterocycles. The predicted molar refractivity (Wildman–Crippen MR) is 76.9 cm³/mol. The average molecular weight is 302 g/mol. The zero-order chi connectivity index (χ0) is 14.5. The maximum atomic E-state index is 12.7. The van der Waals surface area contributed by atoms with E-state index in [2.05, 4.69) is 0 Å². The second-order valence-corrected chi connectivity index (χ2v) is 6.41. The fraction of sp³-hybridized carbons (Fsp3) is 0.846. The quantitative estimate of drug-likeness (QED) is 0.807. The van der Waals surface area contributed by atoms with Crippen LogP contribution in [0.4, 0.5) is 4.79 Å². The van der Waals surface area contributed by atoms with Crippen LogP contribution in [0.2, 0.25) is 0 Å². The Balaban J connectivity index is 2.08. The number of rotatable bonds is 3. The molecule has 114 valence electrons. The van der Waals surface area contributed by atoms with E-state index >= 15 is 0 Å². The molecule has 2 unspecified atom stereocenters. The van der Waals surface area contributed by atoms with Crippen LogP contribution >= 0.6 is 11.8 Å². The Labute approximate surface area is 123 Å². The number of urea groups is 1. The van der Waals surface area contributed by atoms with Crippen molar-refractivity contribution in [3.8, 4) is 0 Å². The lowest BCUT2D eigenvalue weighted by Crippen LogP contribution is -2.57. The van der Waals surface area contributed by atoms with E-state index in [0.29, 0.717) is 25.3 Å². The van der Waals surface area contributed by atoms with Crippen molar-refractivity contribution < 1.29 is 19.8 Å². The van der Waals surface area contributed by atoms with Crippen LogP contribution in [0.1, 0.15) is 25.7 Å². The van der Waals surface area contributed by atoms with Crippen molar-refractivity contribution in [2.45, 2.75) is 37.8 Å². The molecule has 6 nitrogen and oxygen atoms in total. The van der Waals surface area contributed by atoms with Gasteiger partial charge in [-0.05, 0) is 25.7 Å². The third-order valence-electron chi connectivity index (χ3n) is 3.99. The fourth-order valence-corrected chi connectivity index (χ4v) is 3.94. The standard InChI is InChI=1S/C13H22N2O4S/c16-7-4-10-3-1-2-5-14(10)13(19)15-6-8-20-9-11(15)12(17)18/h10-11,16H,1-9H2,(H,17,18). The van der Waals surface area contributed by atoms with Crippen LogP contribution in [0.3, 0.4) is 0 Å². The molecule has 0 saturated carbocycles. The third-order valence-corrected chi connectivity index (χ3v) is 5.02. The molecule has 2 atom stereocenters. The van der Waals surface area contributed by atoms with Gasteiger partial charge in [0.25, 0.3) is 0 Å². The second-order valence-electron chi connectivity index (χ2n) is 5.26. The second kappa shape index (κ2) is 7.17. The number of aliphatic hydroxyl groups excluding tert-OH is 1. The Kier molecular flexibility index (Phi) is 5.54. The first-order valence-electron chi connectivity index (χ1n) is 7.13. The predicted octanol–water partition coefficient (Wildman–Crippen LogP) is 0.845. The first kappa shape index (κ1) is 15.4. The highest BCUT2D eigenvalue weighted by Gasteiger charge is 2.37. The lowest BCUT2D eigenvalue weighted by Gasteiger charge is -2.41. The molecule has 2 fully saturated rings. The number of carboxylic acid groups (broad SMARTS) is 1. The summed E-state index contributed by atoms with van der Waals surface area (Å²) in [7, 11) is 0. The average Bonchev–Trinajstić information content (AvgIpc) is 2.47. The molecule has 2 aliphatic rings. The molecule has 2 aliphatic heterocycles. The molecular weight excluding hydrogens is 280 g/mol. The van der Waals surface area contributed by atoms with Crippen LogP contribution in [0.5, 0.6) is 0 Å². The molecule has 2 amide bonds. The lowest BCUT2D eigenvalue weighted by atomic mass is 10.00. The normalized spacial score (nSPS) is 27.4. The topological polar surface area (TPSA) is 81.1 Å². The Morgan fingerprint density at radius 2 is 2.00 bits per heavy atom. The summed E-state index contributed by atoms with van der Waals surface area (Å²) in [6.45, 7) is 1.22. The van der Waals surface area contributed by atoms with Crippen molar-refractivity contribution in [1.82, 2.24) is 9.80 Å². The molecular formula is C13H22N2O4S. The van der Waals surface area contributed by atoms with Crippen LogP contribution in [0.15, 0.2) is 0 Å². The largest absolute Gasteiger partial charge is 0.480 e. The number of aliphatic hydroxyl groups is 1. The Hall–Kier alpha value is -0.950. The van der Waals surface area contributed by atoms with Gasteiger partial charge in [-0.3, -0.25) is 0 Å². The number of thioether (sulfide) groups is 1. The lowest BCUT2D eigenvalue weighted by molar-refractivity contribution is -0.141. The van der Waals surface area contributed by atoms with E-state index in [1.165, 1.54) is 4.90 Å². The van der Waals surface area contributed by atoms with Gasteiger partial charge in [0.05, 0.1) is 0 Å². The number of hydrogen-bond acceptors (Lipinski definition) is 4. The van der Waals surface area contributed by atoms with E-state index in [0.717, 1.165) is 25.0 Å². The number of likely N-dealkylation sites (tertiary alicyclic amines) is 1. The number of carbonyl (C=O) groups is 2. The van der Waals surface area contributed by atoms with Gasteiger partial charge >= 0.3 is 12.0 Å². The highest BCUT2D eigenvalue weighted by molar-refractivity contribution is 7.99. The molecule has 7 heteroatoms. The monoisotopic (exact) mass is 302 g/mol. The van der Waals surface area contributed by atoms with Crippen LogP contribution in [0, 0.1) is 0 Å². The number of hydrogen-bond donors (Lipinski definition) is 2. The molecule has 0 bridgehead atoms. The van der Waals surface area contributed by atoms with Crippen LogP contribution in [0.25, 0.3) is 0 Å². The zero-order valence-electron chi connectivity index (χ0n) is 11.5. The Morgan fingerprint density at radius 1 is 1.20 bits per heavy atom. The number of carbonyl (C=O) groups excluding carboxylic acids is 1. The third kappa shape index (κ3) is 3.38. The van der Waals surface area contributed by atoms with Gasteiger partial charge in [-0.15, -0.1) is 0 Å². The molecule has 0 aromatic carbocycles. The van der Waals surface area contributed by atoms with Gasteiger partial charge in [0.1, 0.15) is 6.04 Å². The van der Waals surface area contributed by atoms with E-state index in [-0.39, 0.29) is 18.7 Å². The highest BCUT2D eigenvalue weighted by Crippen LogP contribution is 2.24. The van der Waals surface area contributed by atoms with Gasteiger partial charge in [-0.25, -0.2) is 9.59 Å². The molecule has 0 spiro atoms. The summed E-state index contributed by atoms with van der Waals surface area (Å²) >= 11 is 1.58. The minimum atomic E-state index is -0.929. The molecule has 2 heterocycles. The van der Waals surface area contributed by atoms with E-state index in [1.807, 2.05) is 0 Å². The Morgan fingerprint density at radius 3 is 2.70 bits per heavy atom. The van der Waals surface area contributed by atoms with Crippen molar-refractivity contribution >= 4 is 23.8 Å². The maximum Gasteiger partial charge on any atom is 0.327 e. The summed E-state index contributed by atoms with van der Waals surface area (Å²) < 4.78 is 0. The molecule has 0 aromatic heterocycles. The summed E-state index contributed by atoms with van der Waals surface area (Å²) in [5.74, 6) is 0.314. The smallest absolute Gasteiger partial charge is 0.327 e. The highest BCUT2D eigenvalue weighted by atomic mass is 32.2. The van der Waals surface area contributed by atoms with E-state index in [9.17, 15) is 14.7 Å². The van der Waals surface area contributed by atoms with Gasteiger partial charge in [0.2, 0.25) is 0 Å². The SMILES string of the molecule is O=C(O)C1CSCCN1C(=O)N1CCCCC1CCO. The molecule has 2 rings (SSSR count). The molecule has 20 heavy (non-hydrogen) atoms. The van der Waals surface area contributed by atoms with Gasteiger partial charge in [0.15, 0.2) is 0 Å². The number of piperidine rings is 1. The van der Waals surface area contributed by atoms with Crippen molar-refractivity contribution in [2.24, 2.45) is 0 Å². The molecule has 0 radical (unpaired) electrons. The summed E-state index contributed by atoms with van der Waals surface area (Å²) in [6.07, 6.45) is 3.49. The van der Waals surface area contributed by atoms with Gasteiger partial charge < -0.3 is 20.0 Å². The minimum Gasteiger partial charge on any atom is -0.480 e. The first-order chi connectivity index (χ1) is 9.65. The van der Waals surface area contributed by atoms with Crippen molar-refractivity contribution in [1.29, 1.82) is 0 Å². The number of nitrogens with zero attached hydrogens (tertiary/aromatic N) is 2. The van der Waals surface area contributed by atoms with E-state index in [1.54, 1.807) is 16.7 Å². The molecule has 0 aromatic rings. The fourth-order valence-electron chi connectivity index (χ4n) is 2.90. The van der Waals surface area contributed by atoms with Crippen molar-refractivity contribution in [2.75, 3.05) is 31.2 Å². The number of carboxylic acids is 1. The van der Waals surface area contributed by atoms with Gasteiger partial charge in [-0.2, -0.15) is 11.8 Å². The van der Waals surface area contributed by atoms with Gasteiger partial charge in [0, 0.05) is 37.2 Å². The van der Waals surface area contributed by atoms with Crippen LogP contribution in [-0.4, -0.2) is 75.3 Å². The zero-order valence-corrected chi connectivity index (χ0v) is 12.3. The summed E-state index contributed by atoms with van der Waals surface area (Å²) in [6, 6.07) is -0.848. The Bertz CT molecular complexity index is 364. The maximum absolute atomic E-state index is 12.7.